The molecule has 0 spiro atoms. The summed E-state index contributed by atoms with van der Waals surface area (Å²) in [4.78, 5) is 4.09. The minimum Gasteiger partial charge on any atom is -0.339 e. The summed E-state index contributed by atoms with van der Waals surface area (Å²) in [5.74, 6) is 0.770. The van der Waals surface area contributed by atoms with E-state index in [0.717, 1.165) is 13.0 Å². The molecule has 2 aromatic rings. The molecule has 0 saturated carbocycles. The maximum absolute atomic E-state index is 13.1. The van der Waals surface area contributed by atoms with Gasteiger partial charge < -0.3 is 9.88 Å². The van der Waals surface area contributed by atoms with Gasteiger partial charge in [0.05, 0.1) is 6.33 Å². The zero-order valence-corrected chi connectivity index (χ0v) is 18.6. The van der Waals surface area contributed by atoms with E-state index in [2.05, 4.69) is 36.3 Å². The first-order chi connectivity index (χ1) is 14.0. The van der Waals surface area contributed by atoms with E-state index in [1.807, 2.05) is 18.2 Å². The number of aryl methyl sites for hydroxylation is 1. The summed E-state index contributed by atoms with van der Waals surface area (Å²) in [6, 6.07) is 10.4. The lowest BCUT2D eigenvalue weighted by Crippen LogP contribution is -2.39. The number of benzene rings is 1. The minimum absolute atomic E-state index is 0.103. The second-order valence-electron chi connectivity index (χ2n) is 8.15. The molecule has 3 atom stereocenters. The molecule has 7 heteroatoms. The van der Waals surface area contributed by atoms with Crippen LogP contribution in [-0.4, -0.2) is 48.0 Å². The van der Waals surface area contributed by atoms with E-state index in [-0.39, 0.29) is 17.0 Å². The SMILES string of the molecule is CCCCC(CC)CN[C@H]1CN(S(=O)(=O)c2cn(C)cn2)C[C@@H]1c1ccccc1. The van der Waals surface area contributed by atoms with Gasteiger partial charge in [-0.15, -0.1) is 0 Å². The fourth-order valence-electron chi connectivity index (χ4n) is 4.12. The van der Waals surface area contributed by atoms with Gasteiger partial charge in [0.25, 0.3) is 10.0 Å². The lowest BCUT2D eigenvalue weighted by molar-refractivity contribution is 0.379. The van der Waals surface area contributed by atoms with Gasteiger partial charge in [-0.25, -0.2) is 13.4 Å². The Morgan fingerprint density at radius 1 is 1.21 bits per heavy atom. The van der Waals surface area contributed by atoms with E-state index in [4.69, 9.17) is 0 Å². The summed E-state index contributed by atoms with van der Waals surface area (Å²) in [6.45, 7) is 6.35. The fraction of sp³-hybridized carbons (Fsp3) is 0.591. The molecule has 160 valence electrons. The number of sulfonamides is 1. The zero-order valence-electron chi connectivity index (χ0n) is 17.8. The molecule has 2 heterocycles. The Hall–Kier alpha value is -1.70. The molecule has 1 aliphatic heterocycles. The van der Waals surface area contributed by atoms with Gasteiger partial charge in [0, 0.05) is 38.3 Å². The Balaban J connectivity index is 1.77. The quantitative estimate of drug-likeness (QED) is 0.642. The number of rotatable bonds is 10. The van der Waals surface area contributed by atoms with Crippen LogP contribution in [0.25, 0.3) is 0 Å². The Bertz CT molecular complexity index is 866. The summed E-state index contributed by atoms with van der Waals surface area (Å²) in [6.07, 6.45) is 7.93. The van der Waals surface area contributed by atoms with E-state index >= 15 is 0 Å². The highest BCUT2D eigenvalue weighted by molar-refractivity contribution is 7.89. The average Bonchev–Trinajstić information content (AvgIpc) is 3.36. The molecule has 29 heavy (non-hydrogen) atoms. The first-order valence-corrected chi connectivity index (χ1v) is 12.2. The maximum atomic E-state index is 13.1. The topological polar surface area (TPSA) is 67.2 Å². The zero-order chi connectivity index (χ0) is 20.9. The van der Waals surface area contributed by atoms with Gasteiger partial charge in [-0.2, -0.15) is 4.31 Å². The summed E-state index contributed by atoms with van der Waals surface area (Å²) < 4.78 is 29.5. The van der Waals surface area contributed by atoms with Gasteiger partial charge >= 0.3 is 0 Å². The molecule has 3 rings (SSSR count). The molecular formula is C22H34N4O2S. The van der Waals surface area contributed by atoms with Crippen LogP contribution in [0.4, 0.5) is 0 Å². The molecule has 1 fully saturated rings. The van der Waals surface area contributed by atoms with Crippen LogP contribution in [0, 0.1) is 5.92 Å². The largest absolute Gasteiger partial charge is 0.339 e. The predicted molar refractivity (Wildman–Crippen MR) is 116 cm³/mol. The molecule has 1 aromatic carbocycles. The van der Waals surface area contributed by atoms with Crippen molar-refractivity contribution < 1.29 is 8.42 Å². The van der Waals surface area contributed by atoms with E-state index in [0.29, 0.717) is 19.0 Å². The standard InChI is InChI=1S/C22H34N4O2S/c1-4-6-10-18(5-2)13-23-21-15-26(14-20(21)19-11-8-7-9-12-19)29(27,28)22-16-25(3)17-24-22/h7-9,11-12,16-18,20-21,23H,4-6,10,13-15H2,1-3H3/t18?,20-,21+/m1/s1. The minimum atomic E-state index is -3.59. The van der Waals surface area contributed by atoms with Crippen molar-refractivity contribution in [1.29, 1.82) is 0 Å². The molecule has 1 aliphatic rings. The van der Waals surface area contributed by atoms with Crippen LogP contribution >= 0.6 is 0 Å². The van der Waals surface area contributed by atoms with Crippen LogP contribution in [0.2, 0.25) is 0 Å². The van der Waals surface area contributed by atoms with E-state index in [9.17, 15) is 8.42 Å². The van der Waals surface area contributed by atoms with Crippen molar-refractivity contribution in [3.63, 3.8) is 0 Å². The van der Waals surface area contributed by atoms with Crippen LogP contribution < -0.4 is 5.32 Å². The third-order valence-electron chi connectivity index (χ3n) is 6.01. The second kappa shape index (κ2) is 9.87. The molecule has 0 amide bonds. The highest BCUT2D eigenvalue weighted by Gasteiger charge is 2.40. The summed E-state index contributed by atoms with van der Waals surface area (Å²) in [5, 5.41) is 3.84. The maximum Gasteiger partial charge on any atom is 0.262 e. The number of unbranched alkanes of at least 4 members (excludes halogenated alkanes) is 1. The number of hydrogen-bond acceptors (Lipinski definition) is 4. The molecule has 0 radical (unpaired) electrons. The lowest BCUT2D eigenvalue weighted by atomic mass is 9.93. The number of hydrogen-bond donors (Lipinski definition) is 1. The normalized spacial score (nSPS) is 21.5. The first kappa shape index (κ1) is 22.0. The van der Waals surface area contributed by atoms with Gasteiger partial charge in [0.2, 0.25) is 0 Å². The van der Waals surface area contributed by atoms with Crippen molar-refractivity contribution in [2.45, 2.75) is 56.5 Å². The van der Waals surface area contributed by atoms with Crippen molar-refractivity contribution in [3.05, 3.63) is 48.4 Å². The number of imidazole rings is 1. The number of nitrogens with one attached hydrogen (secondary N) is 1. The monoisotopic (exact) mass is 418 g/mol. The van der Waals surface area contributed by atoms with Gasteiger partial charge in [0.1, 0.15) is 0 Å². The fourth-order valence-corrected chi connectivity index (χ4v) is 5.58. The number of nitrogens with zero attached hydrogens (tertiary/aromatic N) is 3. The molecule has 0 aliphatic carbocycles. The summed E-state index contributed by atoms with van der Waals surface area (Å²) >= 11 is 0. The van der Waals surface area contributed by atoms with Gasteiger partial charge in [-0.05, 0) is 24.4 Å². The Labute approximate surface area is 175 Å². The van der Waals surface area contributed by atoms with Crippen LogP contribution in [0.5, 0.6) is 0 Å². The molecule has 1 saturated heterocycles. The molecule has 0 bridgehead atoms. The third-order valence-corrected chi connectivity index (χ3v) is 7.73. The summed E-state index contributed by atoms with van der Waals surface area (Å²) in [7, 11) is -1.80. The van der Waals surface area contributed by atoms with E-state index in [1.165, 1.54) is 31.2 Å². The highest BCUT2D eigenvalue weighted by Crippen LogP contribution is 2.31. The van der Waals surface area contributed by atoms with E-state index in [1.54, 1.807) is 22.1 Å². The lowest BCUT2D eigenvalue weighted by Gasteiger charge is -2.23. The van der Waals surface area contributed by atoms with Crippen LogP contribution in [0.15, 0.2) is 47.9 Å². The predicted octanol–water partition coefficient (Wildman–Crippen LogP) is 3.38. The smallest absolute Gasteiger partial charge is 0.262 e. The van der Waals surface area contributed by atoms with Crippen LogP contribution in [0.1, 0.15) is 51.0 Å². The van der Waals surface area contributed by atoms with Crippen molar-refractivity contribution in [1.82, 2.24) is 19.2 Å². The molecule has 1 N–H and O–H groups in total. The first-order valence-electron chi connectivity index (χ1n) is 10.7. The number of aromatic nitrogens is 2. The third kappa shape index (κ3) is 5.27. The Morgan fingerprint density at radius 2 is 1.97 bits per heavy atom. The molecule has 6 nitrogen and oxygen atoms in total. The summed E-state index contributed by atoms with van der Waals surface area (Å²) in [5.41, 5.74) is 1.19. The van der Waals surface area contributed by atoms with Crippen molar-refractivity contribution in [2.75, 3.05) is 19.6 Å². The average molecular weight is 419 g/mol. The second-order valence-corrected chi connectivity index (χ2v) is 10.0. The Kier molecular flexibility index (Phi) is 7.49. The van der Waals surface area contributed by atoms with Crippen LogP contribution in [-0.2, 0) is 17.1 Å². The van der Waals surface area contributed by atoms with Gasteiger partial charge in [-0.1, -0.05) is 63.4 Å². The highest BCUT2D eigenvalue weighted by atomic mass is 32.2. The van der Waals surface area contributed by atoms with Gasteiger partial charge in [0.15, 0.2) is 5.03 Å². The molecule has 1 unspecified atom stereocenters. The van der Waals surface area contributed by atoms with Gasteiger partial charge in [-0.3, -0.25) is 0 Å². The Morgan fingerprint density at radius 3 is 2.59 bits per heavy atom. The van der Waals surface area contributed by atoms with Crippen molar-refractivity contribution in [2.24, 2.45) is 13.0 Å². The van der Waals surface area contributed by atoms with Crippen molar-refractivity contribution in [3.8, 4) is 0 Å². The van der Waals surface area contributed by atoms with Crippen molar-refractivity contribution >= 4 is 10.0 Å². The van der Waals surface area contributed by atoms with E-state index < -0.39 is 10.0 Å². The molecule has 1 aromatic heterocycles. The molecular weight excluding hydrogens is 384 g/mol. The van der Waals surface area contributed by atoms with Crippen LogP contribution in [0.3, 0.4) is 0 Å².